The van der Waals surface area contributed by atoms with Crippen LogP contribution in [0.25, 0.3) is 65.4 Å². The molecule has 3 aromatic carbocycles. The van der Waals surface area contributed by atoms with Crippen molar-refractivity contribution in [1.82, 2.24) is 29.9 Å². The summed E-state index contributed by atoms with van der Waals surface area (Å²) in [5, 5.41) is 115. The Labute approximate surface area is 565 Å². The van der Waals surface area contributed by atoms with Crippen molar-refractivity contribution in [2.75, 3.05) is 0 Å². The Hall–Kier alpha value is -7.98. The van der Waals surface area contributed by atoms with Crippen LogP contribution in [0.1, 0.15) is 83.1 Å². The van der Waals surface area contributed by atoms with Crippen molar-refractivity contribution in [2.45, 2.75) is 117 Å². The summed E-state index contributed by atoms with van der Waals surface area (Å²) in [6.45, 7) is 13.9. The van der Waals surface area contributed by atoms with Gasteiger partial charge in [0.2, 0.25) is 0 Å². The maximum atomic E-state index is 9.66. The molecule has 0 atom stereocenters. The fourth-order valence-electron chi connectivity index (χ4n) is 5.04. The van der Waals surface area contributed by atoms with E-state index in [0.717, 1.165) is 149 Å². The van der Waals surface area contributed by atoms with E-state index in [4.69, 9.17) is 30.6 Å². The van der Waals surface area contributed by atoms with Gasteiger partial charge >= 0.3 is 51.2 Å². The Morgan fingerprint density at radius 3 is 0.409 bits per heavy atom. The summed E-state index contributed by atoms with van der Waals surface area (Å²) in [6.07, 6.45) is 10.8. The molecule has 0 bridgehead atoms. The Kier molecular flexibility index (Phi) is 51.5. The van der Waals surface area contributed by atoms with Crippen LogP contribution in [0.4, 0.5) is 0 Å². The molecule has 0 saturated heterocycles. The number of carbonyl (C=O) groups excluding carboxylic acids is 6. The third-order valence-corrected chi connectivity index (χ3v) is 10.0. The van der Waals surface area contributed by atoms with E-state index in [1.165, 1.54) is 0 Å². The predicted octanol–water partition coefficient (Wildman–Crippen LogP) is -5.56. The van der Waals surface area contributed by atoms with Gasteiger partial charge in [0, 0.05) is 69.5 Å². The van der Waals surface area contributed by atoms with Crippen LogP contribution in [0, 0.1) is 0 Å². The second-order valence-electron chi connectivity index (χ2n) is 20.7. The third-order valence-electron chi connectivity index (χ3n) is 10.0. The third kappa shape index (κ3) is 38.6. The summed E-state index contributed by atoms with van der Waals surface area (Å²) >= 11 is 0. The van der Waals surface area contributed by atoms with Crippen LogP contribution >= 0.6 is 0 Å². The quantitative estimate of drug-likeness (QED) is 0.0668. The molecule has 9 aromatic rings. The van der Waals surface area contributed by atoms with Crippen molar-refractivity contribution in [3.8, 4) is 0 Å². The maximum Gasteiger partial charge on any atom is 2.00 e. The first-order valence-electron chi connectivity index (χ1n) is 24.9. The molecule has 93 heavy (non-hydrogen) atoms. The fourth-order valence-corrected chi connectivity index (χ4v) is 5.04. The molecule has 6 aromatic heterocycles. The van der Waals surface area contributed by atoms with Crippen LogP contribution in [0.2, 0.25) is 0 Å². The molecule has 9 rings (SSSR count). The standard InChI is InChI=1S/3C12H8N2.6C4H8O3.3Cu.6H2O/c3*1-3-9-5-6-10-4-2-8-14-12(10)11(9)13-7-1;6*1-4(2,7)3(5)6;;;;;;;;;/h3*1-8H;6*7H,1-2H3,(H,5,6);;;;6*1H2/q;;;;;;;;;3*+2;;;;;;/p-6. The number of benzene rings is 3. The van der Waals surface area contributed by atoms with Crippen LogP contribution < -0.4 is 30.6 Å². The number of hydrogen-bond acceptors (Lipinski definition) is 24. The van der Waals surface area contributed by atoms with Crippen LogP contribution in [0.5, 0.6) is 0 Å². The average molecular weight is 1460 g/mol. The molecule has 33 heteroatoms. The van der Waals surface area contributed by atoms with Crippen molar-refractivity contribution < 1.29 is 174 Å². The SMILES string of the molecule is CC(C)(O)C(=O)[O-].CC(C)(O)C(=O)[O-].CC(C)(O)C(=O)[O-].CC(C)(O)C(=O)[O-].CC(C)(O)C(=O)[O-].CC(C)(O)C(=O)[O-].O.O.O.O.O.O.[Cu+2].[Cu+2].[Cu+2].c1cnc2c(c1)ccc1cccnc12.c1cnc2c(c1)ccc1cccnc12.c1cnc2c(c1)ccc1cccnc12. The first-order valence-corrected chi connectivity index (χ1v) is 24.9. The van der Waals surface area contributed by atoms with E-state index in [2.05, 4.69) is 103 Å². The number of nitrogens with zero attached hydrogens (tertiary/aromatic N) is 6. The molecule has 0 unspecified atom stereocenters. The molecule has 30 nitrogen and oxygen atoms in total. The van der Waals surface area contributed by atoms with E-state index >= 15 is 0 Å². The van der Waals surface area contributed by atoms with Crippen molar-refractivity contribution >= 4 is 101 Å². The van der Waals surface area contributed by atoms with E-state index in [0.29, 0.717) is 0 Å². The van der Waals surface area contributed by atoms with Crippen molar-refractivity contribution in [2.24, 2.45) is 0 Å². The van der Waals surface area contributed by atoms with Gasteiger partial charge in [-0.15, -0.1) is 0 Å². The normalized spacial score (nSPS) is 10.0. The first-order chi connectivity index (χ1) is 38.5. The molecule has 3 radical (unpaired) electrons. The Bertz CT molecular complexity index is 3050. The summed E-state index contributed by atoms with van der Waals surface area (Å²) in [6, 6.07) is 36.4. The van der Waals surface area contributed by atoms with Gasteiger partial charge in [0.05, 0.1) is 103 Å². The number of aromatic nitrogens is 6. The zero-order chi connectivity index (χ0) is 64.6. The summed E-state index contributed by atoms with van der Waals surface area (Å²) < 4.78 is 0. The van der Waals surface area contributed by atoms with E-state index in [1.807, 2.05) is 36.4 Å². The average Bonchev–Trinajstić information content (AvgIpc) is 1.02. The van der Waals surface area contributed by atoms with Gasteiger partial charge in [-0.05, 0) is 119 Å². The molecular weight excluding hydrogens is 1380 g/mol. The zero-order valence-corrected chi connectivity index (χ0v) is 54.9. The molecule has 18 N–H and O–H groups in total. The number of pyridine rings is 6. The number of fused-ring (bicyclic) bond motifs is 9. The summed E-state index contributed by atoms with van der Waals surface area (Å²) in [4.78, 5) is 84.0. The second kappa shape index (κ2) is 46.1. The van der Waals surface area contributed by atoms with E-state index in [-0.39, 0.29) is 84.1 Å². The Morgan fingerprint density at radius 1 is 0.247 bits per heavy atom. The van der Waals surface area contributed by atoms with Crippen LogP contribution in [0.3, 0.4) is 0 Å². The topological polar surface area (TPSA) is 628 Å². The van der Waals surface area contributed by atoms with Crippen LogP contribution in [-0.2, 0) is 80.0 Å². The minimum Gasteiger partial charge on any atom is -0.547 e. The van der Waals surface area contributed by atoms with Gasteiger partial charge in [-0.25, -0.2) is 0 Å². The van der Waals surface area contributed by atoms with Gasteiger partial charge in [-0.2, -0.15) is 0 Å². The molecular formula is C60H78Cu3N6O24. The van der Waals surface area contributed by atoms with Crippen LogP contribution in [0.15, 0.2) is 146 Å². The molecule has 0 saturated carbocycles. The maximum absolute atomic E-state index is 9.66. The predicted molar refractivity (Wildman–Crippen MR) is 321 cm³/mol. The van der Waals surface area contributed by atoms with Gasteiger partial charge in [0.15, 0.2) is 0 Å². The van der Waals surface area contributed by atoms with Crippen molar-refractivity contribution in [3.05, 3.63) is 146 Å². The van der Waals surface area contributed by atoms with Crippen molar-refractivity contribution in [1.29, 1.82) is 0 Å². The molecule has 0 amide bonds. The molecule has 0 aliphatic heterocycles. The van der Waals surface area contributed by atoms with Gasteiger partial charge in [-0.1, -0.05) is 72.8 Å². The van der Waals surface area contributed by atoms with Crippen molar-refractivity contribution in [3.63, 3.8) is 0 Å². The number of rotatable bonds is 6. The number of carbonyl (C=O) groups is 6. The Balaban J connectivity index is -0.000000123. The minimum atomic E-state index is -1.69. The number of aliphatic carboxylic acids is 6. The molecule has 6 heterocycles. The van der Waals surface area contributed by atoms with E-state index in [9.17, 15) is 59.4 Å². The Morgan fingerprint density at radius 2 is 0.333 bits per heavy atom. The first kappa shape index (κ1) is 104. The fraction of sp³-hybridized carbons (Fsp3) is 0.300. The van der Waals surface area contributed by atoms with E-state index < -0.39 is 69.4 Å². The number of aliphatic hydroxyl groups is 6. The molecule has 525 valence electrons. The minimum absolute atomic E-state index is 0. The van der Waals surface area contributed by atoms with Gasteiger partial charge in [0.1, 0.15) is 0 Å². The molecule has 0 aliphatic carbocycles. The number of hydrogen-bond donors (Lipinski definition) is 6. The monoisotopic (exact) mass is 1460 g/mol. The molecule has 0 spiro atoms. The second-order valence-corrected chi connectivity index (χ2v) is 20.7. The van der Waals surface area contributed by atoms with Gasteiger partial charge in [-0.3, -0.25) is 29.9 Å². The summed E-state index contributed by atoms with van der Waals surface area (Å²) in [5.41, 5.74) is -4.30. The van der Waals surface area contributed by atoms with Gasteiger partial charge in [0.25, 0.3) is 0 Å². The molecule has 0 fully saturated rings. The summed E-state index contributed by atoms with van der Waals surface area (Å²) in [5.74, 6) is -8.71. The number of carboxylic acids is 6. The zero-order valence-electron chi connectivity index (χ0n) is 52.0. The number of carboxylic acid groups (broad SMARTS) is 6. The van der Waals surface area contributed by atoms with E-state index in [1.54, 1.807) is 37.2 Å². The largest absolute Gasteiger partial charge is 2.00 e. The molecule has 0 aliphatic rings. The van der Waals surface area contributed by atoms with Gasteiger partial charge < -0.3 is 123 Å². The van der Waals surface area contributed by atoms with Crippen LogP contribution in [-0.4, -0.2) is 163 Å². The summed E-state index contributed by atoms with van der Waals surface area (Å²) in [7, 11) is 0. The smallest absolute Gasteiger partial charge is 0.547 e.